The summed E-state index contributed by atoms with van der Waals surface area (Å²) >= 11 is 7.87. The molecule has 3 fully saturated rings. The lowest BCUT2D eigenvalue weighted by molar-refractivity contribution is -0.131. The molecule has 4 aliphatic rings. The second kappa shape index (κ2) is 12.7. The number of benzene rings is 3. The number of imide groups is 2. The average molecular weight is 789 g/mol. The van der Waals surface area contributed by atoms with Crippen molar-refractivity contribution in [1.82, 2.24) is 9.78 Å². The first-order valence-electron chi connectivity index (χ1n) is 18.4. The maximum atomic E-state index is 15.2. The normalized spacial score (nSPS) is 25.8. The molecule has 1 saturated carbocycles. The Morgan fingerprint density at radius 1 is 0.982 bits per heavy atom. The highest BCUT2D eigenvalue weighted by Crippen LogP contribution is 2.65. The number of aromatic hydroxyl groups is 1. The minimum Gasteiger partial charge on any atom is -0.508 e. The van der Waals surface area contributed by atoms with E-state index in [0.29, 0.717) is 44.7 Å². The molecule has 0 spiro atoms. The average Bonchev–Trinajstić information content (AvgIpc) is 3.85. The van der Waals surface area contributed by atoms with Gasteiger partial charge in [-0.05, 0) is 105 Å². The fraction of sp³-hybridized carbons (Fsp3) is 0.302. The molecule has 0 radical (unpaired) electrons. The molecule has 0 bridgehead atoms. The Kier molecular flexibility index (Phi) is 8.19. The van der Waals surface area contributed by atoms with Gasteiger partial charge >= 0.3 is 0 Å². The van der Waals surface area contributed by atoms with E-state index in [4.69, 9.17) is 21.4 Å². The maximum absolute atomic E-state index is 15.2. The van der Waals surface area contributed by atoms with E-state index in [1.54, 1.807) is 67.8 Å². The highest BCUT2D eigenvalue weighted by atomic mass is 35.5. The number of carbonyl (C=O) groups is 5. The van der Waals surface area contributed by atoms with Crippen molar-refractivity contribution in [1.29, 1.82) is 0 Å². The molecule has 284 valence electrons. The van der Waals surface area contributed by atoms with Gasteiger partial charge in [-0.15, -0.1) is 11.3 Å². The third-order valence-electron chi connectivity index (χ3n) is 12.6. The number of phenols is 1. The number of rotatable bonds is 6. The number of nitrogens with zero attached hydrogens (tertiary/aromatic N) is 4. The second-order valence-corrected chi connectivity index (χ2v) is 16.9. The molecule has 2 aromatic heterocycles. The van der Waals surface area contributed by atoms with Crippen LogP contribution >= 0.6 is 22.9 Å². The first-order valence-corrected chi connectivity index (χ1v) is 19.6. The van der Waals surface area contributed by atoms with Crippen LogP contribution in [0.15, 0.2) is 78.4 Å². The zero-order valence-electron chi connectivity index (χ0n) is 31.2. The van der Waals surface area contributed by atoms with Crippen LogP contribution in [0.25, 0.3) is 20.7 Å². The number of carbonyl (C=O) groups excluding carboxylic acids is 5. The Balaban J connectivity index is 1.16. The number of amides is 4. The maximum Gasteiger partial charge on any atom is 0.242 e. The molecule has 0 unspecified atom stereocenters. The van der Waals surface area contributed by atoms with Crippen molar-refractivity contribution < 1.29 is 33.8 Å². The number of hydrogen-bond donors (Lipinski definition) is 1. The molecular weight excluding hydrogens is 752 g/mol. The van der Waals surface area contributed by atoms with Crippen molar-refractivity contribution in [2.24, 2.45) is 36.1 Å². The fourth-order valence-electron chi connectivity index (χ4n) is 9.86. The monoisotopic (exact) mass is 788 g/mol. The number of halogens is 1. The number of allylic oxidation sites excluding steroid dienone is 2. The van der Waals surface area contributed by atoms with Gasteiger partial charge in [0.15, 0.2) is 5.78 Å². The summed E-state index contributed by atoms with van der Waals surface area (Å²) in [4.78, 5) is 74.0. The van der Waals surface area contributed by atoms with Gasteiger partial charge in [0.1, 0.15) is 23.0 Å². The molecule has 2 aliphatic heterocycles. The summed E-state index contributed by atoms with van der Waals surface area (Å²) in [5, 5.41) is 18.0. The molecule has 56 heavy (non-hydrogen) atoms. The highest BCUT2D eigenvalue weighted by Gasteiger charge is 2.68. The van der Waals surface area contributed by atoms with Crippen LogP contribution in [0.4, 0.5) is 11.5 Å². The Morgan fingerprint density at radius 3 is 2.45 bits per heavy atom. The second-order valence-electron chi connectivity index (χ2n) is 15.4. The number of ether oxygens (including phenoxy) is 1. The number of ketones is 1. The predicted molar refractivity (Wildman–Crippen MR) is 212 cm³/mol. The van der Waals surface area contributed by atoms with E-state index in [2.05, 4.69) is 0 Å². The minimum atomic E-state index is -1.42. The molecule has 4 amide bonds. The number of aryl methyl sites for hydroxylation is 2. The first kappa shape index (κ1) is 36.1. The van der Waals surface area contributed by atoms with Crippen molar-refractivity contribution in [3.8, 4) is 22.1 Å². The van der Waals surface area contributed by atoms with Gasteiger partial charge in [0.2, 0.25) is 23.6 Å². The van der Waals surface area contributed by atoms with Crippen LogP contribution in [0.2, 0.25) is 5.02 Å². The molecule has 6 atom stereocenters. The van der Waals surface area contributed by atoms with E-state index in [9.17, 15) is 24.3 Å². The van der Waals surface area contributed by atoms with Gasteiger partial charge in [0.05, 0.1) is 40.8 Å². The van der Waals surface area contributed by atoms with Crippen LogP contribution in [0.1, 0.15) is 54.1 Å². The molecule has 11 nitrogen and oxygen atoms in total. The van der Waals surface area contributed by atoms with Gasteiger partial charge in [-0.1, -0.05) is 29.3 Å². The third-order valence-corrected chi connectivity index (χ3v) is 14.1. The van der Waals surface area contributed by atoms with E-state index in [-0.39, 0.29) is 30.3 Å². The summed E-state index contributed by atoms with van der Waals surface area (Å²) in [7, 11) is 3.17. The smallest absolute Gasteiger partial charge is 0.242 e. The molecule has 3 aromatic carbocycles. The number of phenolic OH excluding ortho intramolecular Hbond substituents is 1. The van der Waals surface area contributed by atoms with Gasteiger partial charge in [-0.2, -0.15) is 5.10 Å². The quantitative estimate of drug-likeness (QED) is 0.105. The molecule has 2 aliphatic carbocycles. The van der Waals surface area contributed by atoms with Crippen molar-refractivity contribution in [3.05, 3.63) is 100 Å². The molecule has 1 N–H and O–H groups in total. The zero-order chi connectivity index (χ0) is 39.5. The molecular formula is C43H37ClN4O7S. The summed E-state index contributed by atoms with van der Waals surface area (Å²) in [5.74, 6) is -5.19. The predicted octanol–water partition coefficient (Wildman–Crippen LogP) is 7.62. The fourth-order valence-corrected chi connectivity index (χ4v) is 11.2. The minimum absolute atomic E-state index is 0.110. The molecule has 4 heterocycles. The van der Waals surface area contributed by atoms with Crippen molar-refractivity contribution in [3.63, 3.8) is 0 Å². The van der Waals surface area contributed by atoms with Gasteiger partial charge in [-0.25, -0.2) is 4.90 Å². The summed E-state index contributed by atoms with van der Waals surface area (Å²) in [6, 6.07) is 18.7. The molecule has 2 saturated heterocycles. The lowest BCUT2D eigenvalue weighted by Gasteiger charge is -2.49. The summed E-state index contributed by atoms with van der Waals surface area (Å²) in [5.41, 5.74) is 2.05. The Bertz CT molecular complexity index is 2610. The molecule has 13 heteroatoms. The van der Waals surface area contributed by atoms with Crippen LogP contribution in [-0.2, 0) is 26.2 Å². The first-order chi connectivity index (χ1) is 26.8. The van der Waals surface area contributed by atoms with Crippen LogP contribution in [0.3, 0.4) is 0 Å². The summed E-state index contributed by atoms with van der Waals surface area (Å²) < 4.78 is 8.36. The van der Waals surface area contributed by atoms with Gasteiger partial charge < -0.3 is 9.84 Å². The largest absolute Gasteiger partial charge is 0.508 e. The van der Waals surface area contributed by atoms with Gasteiger partial charge in [-0.3, -0.25) is 33.6 Å². The Hall–Kier alpha value is -5.59. The number of methoxy groups -OCH3 is 1. The van der Waals surface area contributed by atoms with Crippen LogP contribution in [-0.4, -0.2) is 51.4 Å². The standard InChI is InChI=1S/C43H37ClN4O7S/c1-20-27-17-23(44)11-16-33(27)56-38(20)30-19-34(46(4)45-30)48-40(52)29-18-28-25(37(43(29,3)42(48)54)36-31(50)7-6-8-32(36)55-5)14-15-26-35(28)41(53)47(39(26)51)24-12-9-22(10-13-24)21(2)49/h6-14,16-17,19,26,28-29,35,37,50H,15,18H2,1-5H3/t26-,28+,29-,35-,37+,43+/m0/s1. The van der Waals surface area contributed by atoms with Crippen molar-refractivity contribution in [2.75, 3.05) is 16.9 Å². The number of hydrogen-bond acceptors (Lipinski definition) is 9. The number of Topliss-reactive ketones (excluding diaryl/α,β-unsaturated/α-hetero) is 1. The lowest BCUT2D eigenvalue weighted by Crippen LogP contribution is -2.49. The van der Waals surface area contributed by atoms with E-state index >= 15 is 4.79 Å². The SMILES string of the molecule is COc1cccc(O)c1[C@H]1C2=CC[C@@H]3C(=O)N(c4ccc(C(C)=O)cc4)C(=O)[C@@H]3[C@@H]2C[C@H]2C(=O)N(c3cc(-c4sc5ccc(Cl)cc5c4C)nn3C)C(=O)[C@@]12C. The number of aromatic nitrogens is 2. The summed E-state index contributed by atoms with van der Waals surface area (Å²) in [6.07, 6.45) is 2.29. The van der Waals surface area contributed by atoms with Gasteiger partial charge in [0, 0.05) is 39.9 Å². The van der Waals surface area contributed by atoms with E-state index in [1.165, 1.54) is 34.6 Å². The number of anilines is 2. The van der Waals surface area contributed by atoms with Gasteiger partial charge in [0.25, 0.3) is 0 Å². The van der Waals surface area contributed by atoms with Crippen LogP contribution in [0, 0.1) is 36.0 Å². The third kappa shape index (κ3) is 4.94. The summed E-state index contributed by atoms with van der Waals surface area (Å²) in [6.45, 7) is 5.20. The van der Waals surface area contributed by atoms with Crippen molar-refractivity contribution >= 4 is 73.9 Å². The van der Waals surface area contributed by atoms with Crippen molar-refractivity contribution in [2.45, 2.75) is 39.5 Å². The van der Waals surface area contributed by atoms with E-state index in [0.717, 1.165) is 20.5 Å². The number of fused-ring (bicyclic) bond motifs is 5. The number of thiophene rings is 1. The Labute approximate surface area is 331 Å². The van der Waals surface area contributed by atoms with E-state index < -0.39 is 52.7 Å². The van der Waals surface area contributed by atoms with Crippen LogP contribution in [0.5, 0.6) is 11.5 Å². The van der Waals surface area contributed by atoms with E-state index in [1.807, 2.05) is 31.2 Å². The zero-order valence-corrected chi connectivity index (χ0v) is 32.8. The lowest BCUT2D eigenvalue weighted by atomic mass is 9.51. The topological polar surface area (TPSA) is 139 Å². The van der Waals surface area contributed by atoms with Crippen LogP contribution < -0.4 is 14.5 Å². The highest BCUT2D eigenvalue weighted by molar-refractivity contribution is 7.22. The molecule has 9 rings (SSSR count). The molecule has 5 aromatic rings. The Morgan fingerprint density at radius 2 is 1.73 bits per heavy atom.